The van der Waals surface area contributed by atoms with Crippen molar-refractivity contribution < 1.29 is 23.9 Å². The van der Waals surface area contributed by atoms with Crippen LogP contribution in [0.4, 0.5) is 4.39 Å². The minimum Gasteiger partial charge on any atom is -0.480 e. The summed E-state index contributed by atoms with van der Waals surface area (Å²) in [7, 11) is 0. The lowest BCUT2D eigenvalue weighted by Crippen LogP contribution is -2.43. The monoisotopic (exact) mass is 575 g/mol. The topological polar surface area (TPSA) is 74.7 Å². The molecule has 2 aromatic carbocycles. The number of Topliss-reactive ketones (excluding diaryl/α,β-unsaturated/α-hetero) is 1. The number of amides is 1. The standard InChI is InChI=1S/C32H30FNO4S2/c1-18-14-16-40-29(18)26-25(28(35)23-9-6-15-39-23)24(19-10-12-21(13-11-19)32(2,3)4)27(31(37)38)34(26)30(36)20-7-5-8-22(33)17-20/h5-17,24-27H,1-4H3,(H,37,38). The maximum atomic E-state index is 14.3. The van der Waals surface area contributed by atoms with Crippen molar-refractivity contribution in [3.05, 3.63) is 115 Å². The Morgan fingerprint density at radius 3 is 2.20 bits per heavy atom. The van der Waals surface area contributed by atoms with Gasteiger partial charge in [-0.25, -0.2) is 9.18 Å². The molecule has 1 N–H and O–H groups in total. The molecule has 1 saturated heterocycles. The molecule has 5 nitrogen and oxygen atoms in total. The number of hydrogen-bond donors (Lipinski definition) is 1. The number of rotatable bonds is 6. The average Bonchev–Trinajstić information content (AvgIpc) is 3.66. The molecule has 0 saturated carbocycles. The number of carboxylic acid groups (broad SMARTS) is 1. The third kappa shape index (κ3) is 5.02. The van der Waals surface area contributed by atoms with Crippen LogP contribution < -0.4 is 0 Å². The van der Waals surface area contributed by atoms with Crippen LogP contribution in [0, 0.1) is 18.7 Å². The molecule has 8 heteroatoms. The molecule has 1 aliphatic heterocycles. The molecular weight excluding hydrogens is 545 g/mol. The summed E-state index contributed by atoms with van der Waals surface area (Å²) in [5.41, 5.74) is 2.52. The molecule has 4 aromatic rings. The van der Waals surface area contributed by atoms with E-state index in [9.17, 15) is 23.9 Å². The van der Waals surface area contributed by atoms with Crippen LogP contribution in [0.5, 0.6) is 0 Å². The summed E-state index contributed by atoms with van der Waals surface area (Å²) in [6, 6.07) is 16.2. The molecule has 0 spiro atoms. The highest BCUT2D eigenvalue weighted by molar-refractivity contribution is 7.12. The predicted molar refractivity (Wildman–Crippen MR) is 156 cm³/mol. The maximum Gasteiger partial charge on any atom is 0.327 e. The molecule has 3 heterocycles. The predicted octanol–water partition coefficient (Wildman–Crippen LogP) is 7.49. The number of hydrogen-bond acceptors (Lipinski definition) is 5. The first-order chi connectivity index (χ1) is 19.0. The summed E-state index contributed by atoms with van der Waals surface area (Å²) < 4.78 is 14.2. The third-order valence-corrected chi connectivity index (χ3v) is 9.60. The number of halogens is 1. The van der Waals surface area contributed by atoms with E-state index in [4.69, 9.17) is 0 Å². The summed E-state index contributed by atoms with van der Waals surface area (Å²) in [6.07, 6.45) is 0. The summed E-state index contributed by atoms with van der Waals surface area (Å²) in [5.74, 6) is -4.34. The van der Waals surface area contributed by atoms with E-state index in [1.165, 1.54) is 45.8 Å². The zero-order valence-corrected chi connectivity index (χ0v) is 24.3. The second kappa shape index (κ2) is 10.7. The van der Waals surface area contributed by atoms with Gasteiger partial charge in [0.25, 0.3) is 5.91 Å². The number of aliphatic carboxylic acids is 1. The van der Waals surface area contributed by atoms with Crippen LogP contribution in [0.1, 0.15) is 74.3 Å². The number of ketones is 1. The summed E-state index contributed by atoms with van der Waals surface area (Å²) >= 11 is 2.69. The second-order valence-corrected chi connectivity index (χ2v) is 13.1. The number of carbonyl (C=O) groups excluding carboxylic acids is 2. The first-order valence-corrected chi connectivity index (χ1v) is 14.8. The molecule has 1 aliphatic rings. The molecule has 1 fully saturated rings. The van der Waals surface area contributed by atoms with Crippen LogP contribution in [-0.4, -0.2) is 33.7 Å². The molecule has 2 aromatic heterocycles. The first kappa shape index (κ1) is 27.9. The normalized spacial score (nSPS) is 21.0. The van der Waals surface area contributed by atoms with Crippen molar-refractivity contribution >= 4 is 40.3 Å². The third-order valence-electron chi connectivity index (χ3n) is 7.62. The van der Waals surface area contributed by atoms with Gasteiger partial charge in [-0.2, -0.15) is 0 Å². The summed E-state index contributed by atoms with van der Waals surface area (Å²) in [5, 5.41) is 14.4. The van der Waals surface area contributed by atoms with E-state index in [-0.39, 0.29) is 16.8 Å². The van der Waals surface area contributed by atoms with Gasteiger partial charge in [-0.1, -0.05) is 57.2 Å². The van der Waals surface area contributed by atoms with E-state index in [0.29, 0.717) is 10.4 Å². The zero-order valence-electron chi connectivity index (χ0n) is 22.6. The van der Waals surface area contributed by atoms with Crippen molar-refractivity contribution in [2.24, 2.45) is 5.92 Å². The van der Waals surface area contributed by atoms with Gasteiger partial charge in [0.2, 0.25) is 0 Å². The number of aryl methyl sites for hydroxylation is 1. The van der Waals surface area contributed by atoms with Crippen LogP contribution in [0.15, 0.2) is 77.5 Å². The van der Waals surface area contributed by atoms with Crippen molar-refractivity contribution in [2.45, 2.75) is 51.1 Å². The van der Waals surface area contributed by atoms with E-state index < -0.39 is 41.6 Å². The van der Waals surface area contributed by atoms with Gasteiger partial charge in [0.1, 0.15) is 11.9 Å². The fourth-order valence-electron chi connectivity index (χ4n) is 5.67. The minimum absolute atomic E-state index is 0.0384. The van der Waals surface area contributed by atoms with Crippen molar-refractivity contribution in [1.82, 2.24) is 4.90 Å². The molecule has 1 amide bonds. The van der Waals surface area contributed by atoms with Gasteiger partial charge in [-0.3, -0.25) is 9.59 Å². The molecule has 4 unspecified atom stereocenters. The second-order valence-electron chi connectivity index (χ2n) is 11.2. The minimum atomic E-state index is -1.35. The van der Waals surface area contributed by atoms with Gasteiger partial charge in [-0.15, -0.1) is 22.7 Å². The first-order valence-electron chi connectivity index (χ1n) is 13.0. The van der Waals surface area contributed by atoms with Gasteiger partial charge < -0.3 is 10.0 Å². The largest absolute Gasteiger partial charge is 0.480 e. The lowest BCUT2D eigenvalue weighted by atomic mass is 9.77. The molecule has 40 heavy (non-hydrogen) atoms. The number of thiophene rings is 2. The van der Waals surface area contributed by atoms with E-state index in [2.05, 4.69) is 20.8 Å². The Morgan fingerprint density at radius 2 is 1.65 bits per heavy atom. The van der Waals surface area contributed by atoms with E-state index in [1.54, 1.807) is 12.1 Å². The number of nitrogens with zero attached hydrogens (tertiary/aromatic N) is 1. The summed E-state index contributed by atoms with van der Waals surface area (Å²) in [4.78, 5) is 44.1. The van der Waals surface area contributed by atoms with E-state index in [1.807, 2.05) is 48.0 Å². The number of likely N-dealkylation sites (tertiary alicyclic amines) is 1. The molecule has 0 bridgehead atoms. The Bertz CT molecular complexity index is 1550. The highest BCUT2D eigenvalue weighted by atomic mass is 32.1. The zero-order chi connectivity index (χ0) is 28.8. The van der Waals surface area contributed by atoms with Crippen molar-refractivity contribution in [3.63, 3.8) is 0 Å². The smallest absolute Gasteiger partial charge is 0.327 e. The Kier molecular flexibility index (Phi) is 7.50. The Balaban J connectivity index is 1.76. The van der Waals surface area contributed by atoms with Gasteiger partial charge >= 0.3 is 5.97 Å². The van der Waals surface area contributed by atoms with Crippen molar-refractivity contribution in [1.29, 1.82) is 0 Å². The highest BCUT2D eigenvalue weighted by Gasteiger charge is 2.58. The van der Waals surface area contributed by atoms with E-state index >= 15 is 0 Å². The van der Waals surface area contributed by atoms with Crippen LogP contribution in [-0.2, 0) is 10.2 Å². The molecule has 206 valence electrons. The van der Waals surface area contributed by atoms with E-state index in [0.717, 1.165) is 22.1 Å². The quantitative estimate of drug-likeness (QED) is 0.242. The number of carboxylic acids is 1. The Morgan fingerprint density at radius 1 is 0.925 bits per heavy atom. The summed E-state index contributed by atoms with van der Waals surface area (Å²) in [6.45, 7) is 8.17. The van der Waals surface area contributed by atoms with Crippen LogP contribution in [0.3, 0.4) is 0 Å². The van der Waals surface area contributed by atoms with Crippen LogP contribution >= 0.6 is 22.7 Å². The molecule has 0 radical (unpaired) electrons. The van der Waals surface area contributed by atoms with Gasteiger partial charge in [0.05, 0.1) is 16.8 Å². The number of benzene rings is 2. The maximum absolute atomic E-state index is 14.3. The highest BCUT2D eigenvalue weighted by Crippen LogP contribution is 2.53. The molecule has 4 atom stereocenters. The van der Waals surface area contributed by atoms with Gasteiger partial charge in [0, 0.05) is 16.4 Å². The average molecular weight is 576 g/mol. The van der Waals surface area contributed by atoms with Gasteiger partial charge in [0.15, 0.2) is 5.78 Å². The lowest BCUT2D eigenvalue weighted by Gasteiger charge is -2.30. The Hall–Kier alpha value is -3.62. The molecule has 0 aliphatic carbocycles. The Labute approximate surface area is 240 Å². The fraction of sp³-hybridized carbons (Fsp3) is 0.281. The van der Waals surface area contributed by atoms with Crippen molar-refractivity contribution in [3.8, 4) is 0 Å². The number of carbonyl (C=O) groups is 3. The van der Waals surface area contributed by atoms with Crippen molar-refractivity contribution in [2.75, 3.05) is 0 Å². The van der Waals surface area contributed by atoms with Crippen LogP contribution in [0.2, 0.25) is 0 Å². The fourth-order valence-corrected chi connectivity index (χ4v) is 7.45. The lowest BCUT2D eigenvalue weighted by molar-refractivity contribution is -0.142. The molecule has 5 rings (SSSR count). The van der Waals surface area contributed by atoms with Gasteiger partial charge in [-0.05, 0) is 70.1 Å². The SMILES string of the molecule is Cc1ccsc1C1C(C(=O)c2cccs2)C(c2ccc(C(C)(C)C)cc2)C(C(=O)O)N1C(=O)c1cccc(F)c1. The molecular formula is C32H30FNO4S2. The van der Waals surface area contributed by atoms with Crippen LogP contribution in [0.25, 0.3) is 0 Å².